The van der Waals surface area contributed by atoms with E-state index in [2.05, 4.69) is 20.8 Å². The second-order valence-corrected chi connectivity index (χ2v) is 2.84. The van der Waals surface area contributed by atoms with Crippen LogP contribution in [0.25, 0.3) is 0 Å². The fourth-order valence-corrected chi connectivity index (χ4v) is 0.762. The van der Waals surface area contributed by atoms with E-state index >= 15 is 0 Å². The quantitative estimate of drug-likeness (QED) is 0.520. The molecule has 0 aliphatic heterocycles. The summed E-state index contributed by atoms with van der Waals surface area (Å²) in [5.41, 5.74) is 0. The Morgan fingerprint density at radius 1 is 1.62 bits per heavy atom. The van der Waals surface area contributed by atoms with Crippen LogP contribution < -0.4 is 0 Å². The minimum absolute atomic E-state index is 0.0925. The van der Waals surface area contributed by atoms with Crippen molar-refractivity contribution in [3.63, 3.8) is 0 Å². The molecule has 0 aromatic heterocycles. The molecule has 0 aliphatic rings. The topological polar surface area (TPSA) is 0 Å². The number of hydrogen-bond donors (Lipinski definition) is 0. The van der Waals surface area contributed by atoms with Crippen molar-refractivity contribution in [1.29, 1.82) is 0 Å². The summed E-state index contributed by atoms with van der Waals surface area (Å²) in [6.45, 7) is 8.02. The molecule has 1 heteroatoms. The molecule has 0 rings (SSSR count). The standard InChI is InChI=1S/C7H14Cl/c1-4-5-6(2)7(3)8/h6-7H,3-5H2,1-2H3. The van der Waals surface area contributed by atoms with Gasteiger partial charge >= 0.3 is 0 Å². The summed E-state index contributed by atoms with van der Waals surface area (Å²) >= 11 is 5.70. The molecular formula is C7H14Cl. The zero-order valence-corrected chi connectivity index (χ0v) is 6.41. The van der Waals surface area contributed by atoms with E-state index in [1.165, 1.54) is 12.8 Å². The van der Waals surface area contributed by atoms with Gasteiger partial charge in [-0.25, -0.2) is 0 Å². The molecular weight excluding hydrogens is 120 g/mol. The minimum Gasteiger partial charge on any atom is -0.123 e. The maximum atomic E-state index is 5.70. The highest BCUT2D eigenvalue weighted by Crippen LogP contribution is 2.14. The summed E-state index contributed by atoms with van der Waals surface area (Å²) in [6, 6.07) is 0. The van der Waals surface area contributed by atoms with Crippen molar-refractivity contribution in [2.24, 2.45) is 5.92 Å². The second-order valence-electron chi connectivity index (χ2n) is 2.28. The van der Waals surface area contributed by atoms with E-state index in [0.29, 0.717) is 5.92 Å². The van der Waals surface area contributed by atoms with Gasteiger partial charge in [0.25, 0.3) is 0 Å². The highest BCUT2D eigenvalue weighted by Gasteiger charge is 2.05. The highest BCUT2D eigenvalue weighted by atomic mass is 35.5. The average molecular weight is 134 g/mol. The average Bonchev–Trinajstić information content (AvgIpc) is 1.67. The summed E-state index contributed by atoms with van der Waals surface area (Å²) in [5, 5.41) is 0.0925. The first-order chi connectivity index (χ1) is 3.68. The number of halogens is 1. The first-order valence-corrected chi connectivity index (χ1v) is 3.59. The third-order valence-electron chi connectivity index (χ3n) is 1.36. The minimum atomic E-state index is 0.0925. The van der Waals surface area contributed by atoms with Crippen molar-refractivity contribution < 1.29 is 0 Å². The molecule has 2 atom stereocenters. The smallest absolute Gasteiger partial charge is 0.0362 e. The molecule has 8 heavy (non-hydrogen) atoms. The van der Waals surface area contributed by atoms with Crippen LogP contribution in [0, 0.1) is 12.8 Å². The Bertz CT molecular complexity index is 50.3. The zero-order chi connectivity index (χ0) is 6.57. The van der Waals surface area contributed by atoms with E-state index in [4.69, 9.17) is 11.6 Å². The van der Waals surface area contributed by atoms with Gasteiger partial charge in [0.05, 0.1) is 0 Å². The molecule has 0 heterocycles. The summed E-state index contributed by atoms with van der Waals surface area (Å²) < 4.78 is 0. The van der Waals surface area contributed by atoms with Gasteiger partial charge in [0.2, 0.25) is 0 Å². The first-order valence-electron chi connectivity index (χ1n) is 3.15. The van der Waals surface area contributed by atoms with Gasteiger partial charge in [-0.1, -0.05) is 20.3 Å². The molecule has 0 aromatic carbocycles. The SMILES string of the molecule is [CH2]C(Cl)C(C)CCC. The van der Waals surface area contributed by atoms with Gasteiger partial charge in [-0.15, -0.1) is 11.6 Å². The Morgan fingerprint density at radius 3 is 2.25 bits per heavy atom. The Balaban J connectivity index is 3.17. The van der Waals surface area contributed by atoms with Crippen molar-refractivity contribution in [3.05, 3.63) is 6.92 Å². The van der Waals surface area contributed by atoms with Crippen LogP contribution in [0.2, 0.25) is 0 Å². The predicted molar refractivity (Wildman–Crippen MR) is 39.1 cm³/mol. The van der Waals surface area contributed by atoms with Crippen LogP contribution in [-0.4, -0.2) is 5.38 Å². The molecule has 0 bridgehead atoms. The van der Waals surface area contributed by atoms with Crippen molar-refractivity contribution in [2.75, 3.05) is 0 Å². The number of alkyl halides is 1. The molecule has 2 unspecified atom stereocenters. The molecule has 0 aliphatic carbocycles. The Labute approximate surface area is 57.2 Å². The molecule has 0 amide bonds. The third kappa shape index (κ3) is 3.31. The Hall–Kier alpha value is 0.290. The molecule has 49 valence electrons. The van der Waals surface area contributed by atoms with Gasteiger partial charge in [0, 0.05) is 5.38 Å². The predicted octanol–water partition coefficient (Wildman–Crippen LogP) is 2.86. The van der Waals surface area contributed by atoms with Crippen LogP contribution >= 0.6 is 11.6 Å². The van der Waals surface area contributed by atoms with E-state index in [9.17, 15) is 0 Å². The highest BCUT2D eigenvalue weighted by molar-refractivity contribution is 6.21. The van der Waals surface area contributed by atoms with Crippen molar-refractivity contribution in [3.8, 4) is 0 Å². The zero-order valence-electron chi connectivity index (χ0n) is 5.65. The molecule has 0 aromatic rings. The van der Waals surface area contributed by atoms with Gasteiger partial charge in [-0.3, -0.25) is 0 Å². The maximum Gasteiger partial charge on any atom is 0.0362 e. The summed E-state index contributed by atoms with van der Waals surface area (Å²) in [7, 11) is 0. The lowest BCUT2D eigenvalue weighted by molar-refractivity contribution is 0.536. The van der Waals surface area contributed by atoms with Crippen LogP contribution in [0.4, 0.5) is 0 Å². The molecule has 0 saturated heterocycles. The third-order valence-corrected chi connectivity index (χ3v) is 1.79. The van der Waals surface area contributed by atoms with Crippen molar-refractivity contribution >= 4 is 11.6 Å². The van der Waals surface area contributed by atoms with Crippen molar-refractivity contribution in [2.45, 2.75) is 32.1 Å². The van der Waals surface area contributed by atoms with Crippen LogP contribution in [-0.2, 0) is 0 Å². The van der Waals surface area contributed by atoms with E-state index in [0.717, 1.165) is 0 Å². The normalized spacial score (nSPS) is 18.0. The van der Waals surface area contributed by atoms with E-state index in [1.54, 1.807) is 0 Å². The lowest BCUT2D eigenvalue weighted by atomic mass is 10.0. The summed E-state index contributed by atoms with van der Waals surface area (Å²) in [4.78, 5) is 0. The van der Waals surface area contributed by atoms with Crippen molar-refractivity contribution in [1.82, 2.24) is 0 Å². The van der Waals surface area contributed by atoms with Gasteiger partial charge in [-0.2, -0.15) is 0 Å². The van der Waals surface area contributed by atoms with Crippen LogP contribution in [0.15, 0.2) is 0 Å². The fourth-order valence-electron chi connectivity index (χ4n) is 0.636. The monoisotopic (exact) mass is 133 g/mol. The Kier molecular flexibility index (Phi) is 4.35. The largest absolute Gasteiger partial charge is 0.123 e. The molecule has 0 saturated carbocycles. The van der Waals surface area contributed by atoms with Gasteiger partial charge in [0.1, 0.15) is 0 Å². The molecule has 0 N–H and O–H groups in total. The van der Waals surface area contributed by atoms with E-state index < -0.39 is 0 Å². The maximum absolute atomic E-state index is 5.70. The molecule has 0 spiro atoms. The van der Waals surface area contributed by atoms with Crippen LogP contribution in [0.5, 0.6) is 0 Å². The molecule has 0 nitrogen and oxygen atoms in total. The molecule has 0 fully saturated rings. The van der Waals surface area contributed by atoms with Crippen LogP contribution in [0.3, 0.4) is 0 Å². The lowest BCUT2D eigenvalue weighted by Gasteiger charge is -2.10. The summed E-state index contributed by atoms with van der Waals surface area (Å²) in [5.74, 6) is 0.571. The van der Waals surface area contributed by atoms with Gasteiger partial charge in [0.15, 0.2) is 0 Å². The van der Waals surface area contributed by atoms with Gasteiger partial charge < -0.3 is 0 Å². The number of hydrogen-bond acceptors (Lipinski definition) is 0. The number of rotatable bonds is 3. The molecule has 1 radical (unpaired) electrons. The van der Waals surface area contributed by atoms with E-state index in [1.807, 2.05) is 0 Å². The fraction of sp³-hybridized carbons (Fsp3) is 0.857. The van der Waals surface area contributed by atoms with Crippen LogP contribution in [0.1, 0.15) is 26.7 Å². The lowest BCUT2D eigenvalue weighted by Crippen LogP contribution is -2.05. The second kappa shape index (κ2) is 4.20. The van der Waals surface area contributed by atoms with E-state index in [-0.39, 0.29) is 5.38 Å². The van der Waals surface area contributed by atoms with Gasteiger partial charge in [-0.05, 0) is 19.3 Å². The first kappa shape index (κ1) is 8.29. The summed E-state index contributed by atoms with van der Waals surface area (Å²) in [6.07, 6.45) is 2.40. The Morgan fingerprint density at radius 2 is 2.12 bits per heavy atom.